The quantitative estimate of drug-likeness (QED) is 0.216. The third kappa shape index (κ3) is 4.47. The van der Waals surface area contributed by atoms with Crippen LogP contribution >= 0.6 is 34.2 Å². The second-order valence-corrected chi connectivity index (χ2v) is 11.6. The van der Waals surface area contributed by atoms with Crippen molar-refractivity contribution >= 4 is 56.8 Å². The van der Waals surface area contributed by atoms with Crippen molar-refractivity contribution in [2.45, 2.75) is 51.2 Å². The smallest absolute Gasteiger partial charge is 0.195 e. The van der Waals surface area contributed by atoms with Crippen molar-refractivity contribution in [3.63, 3.8) is 0 Å². The lowest BCUT2D eigenvalue weighted by atomic mass is 9.82. The van der Waals surface area contributed by atoms with Gasteiger partial charge in [-0.2, -0.15) is 10.2 Å². The fraction of sp³-hybridized carbons (Fsp3) is 0.423. The molecule has 3 atom stereocenters. The Morgan fingerprint density at radius 2 is 1.89 bits per heavy atom. The van der Waals surface area contributed by atoms with E-state index in [0.717, 1.165) is 21.2 Å². The molecule has 6 rings (SSSR count). The van der Waals surface area contributed by atoms with E-state index in [1.807, 2.05) is 10.8 Å². The van der Waals surface area contributed by atoms with Crippen LogP contribution in [0.3, 0.4) is 0 Å². The summed E-state index contributed by atoms with van der Waals surface area (Å²) in [6.45, 7) is 5.42. The molecule has 4 aromatic heterocycles. The predicted octanol–water partition coefficient (Wildman–Crippen LogP) is 5.25. The molecule has 0 amide bonds. The monoisotopic (exact) mass is 649 g/mol. The van der Waals surface area contributed by atoms with E-state index in [1.54, 1.807) is 18.5 Å². The summed E-state index contributed by atoms with van der Waals surface area (Å²) in [5.41, 5.74) is 1.29. The molecule has 2 aliphatic heterocycles. The molecule has 0 saturated carbocycles. The number of carbonyl (C=O) groups is 1. The Morgan fingerprint density at radius 1 is 1.16 bits per heavy atom. The molecule has 4 aromatic rings. The number of ketones is 1. The summed E-state index contributed by atoms with van der Waals surface area (Å²) in [7, 11) is 0. The van der Waals surface area contributed by atoms with Gasteiger partial charge >= 0.3 is 0 Å². The molecule has 0 aromatic carbocycles. The van der Waals surface area contributed by atoms with Gasteiger partial charge in [-0.3, -0.25) is 4.79 Å². The minimum atomic E-state index is -0.355. The highest BCUT2D eigenvalue weighted by molar-refractivity contribution is 14.1. The van der Waals surface area contributed by atoms with Crippen LogP contribution in [0, 0.1) is 15.3 Å². The number of rotatable bonds is 5. The van der Waals surface area contributed by atoms with Crippen molar-refractivity contribution in [1.82, 2.24) is 29.5 Å². The van der Waals surface area contributed by atoms with Crippen molar-refractivity contribution in [3.05, 3.63) is 56.9 Å². The molecule has 0 aliphatic carbocycles. The second kappa shape index (κ2) is 10.2. The zero-order valence-electron chi connectivity index (χ0n) is 20.9. The van der Waals surface area contributed by atoms with E-state index in [1.165, 1.54) is 17.1 Å². The maximum absolute atomic E-state index is 14.1. The molecule has 38 heavy (non-hydrogen) atoms. The van der Waals surface area contributed by atoms with Gasteiger partial charge in [0, 0.05) is 41.8 Å². The van der Waals surface area contributed by atoms with Crippen molar-refractivity contribution in [1.29, 1.82) is 0 Å². The fourth-order valence-corrected chi connectivity index (χ4v) is 6.79. The van der Waals surface area contributed by atoms with Gasteiger partial charge in [-0.05, 0) is 67.8 Å². The number of piperidine rings is 1. The van der Waals surface area contributed by atoms with Gasteiger partial charge in [-0.15, -0.1) is 4.80 Å². The molecule has 0 spiro atoms. The number of pyridine rings is 2. The number of fused-ring (bicyclic) bond motifs is 1. The number of nitrogens with zero attached hydrogens (tertiary/aromatic N) is 7. The minimum Gasteiger partial charge on any atom is -0.379 e. The van der Waals surface area contributed by atoms with Crippen LogP contribution < -0.4 is 4.90 Å². The first-order chi connectivity index (χ1) is 18.3. The van der Waals surface area contributed by atoms with Crippen molar-refractivity contribution in [2.75, 3.05) is 18.1 Å². The molecule has 2 saturated heterocycles. The van der Waals surface area contributed by atoms with Crippen LogP contribution in [0.4, 0.5) is 10.2 Å². The Hall–Kier alpha value is -2.64. The molecule has 198 valence electrons. The zero-order chi connectivity index (χ0) is 26.6. The third-order valence-electron chi connectivity index (χ3n) is 7.52. The molecule has 0 unspecified atom stereocenters. The van der Waals surface area contributed by atoms with Gasteiger partial charge in [0.25, 0.3) is 0 Å². The number of aromatic nitrogens is 6. The molecule has 0 radical (unpaired) electrons. The van der Waals surface area contributed by atoms with Crippen LogP contribution in [0.5, 0.6) is 0 Å². The van der Waals surface area contributed by atoms with Gasteiger partial charge < -0.3 is 14.2 Å². The third-order valence-corrected chi connectivity index (χ3v) is 8.59. The number of hydrogen-bond donors (Lipinski definition) is 0. The molecule has 2 aliphatic rings. The Balaban J connectivity index is 1.36. The summed E-state index contributed by atoms with van der Waals surface area (Å²) in [6, 6.07) is 3.47. The predicted molar refractivity (Wildman–Crippen MR) is 150 cm³/mol. The van der Waals surface area contributed by atoms with E-state index < -0.39 is 0 Å². The Kier molecular flexibility index (Phi) is 6.85. The maximum atomic E-state index is 14.1. The maximum Gasteiger partial charge on any atom is 0.195 e. The summed E-state index contributed by atoms with van der Waals surface area (Å²) >= 11 is 8.76. The molecule has 9 nitrogen and oxygen atoms in total. The molecular formula is C26H26ClFIN7O2. The van der Waals surface area contributed by atoms with Crippen LogP contribution in [0.1, 0.15) is 49.5 Å². The van der Waals surface area contributed by atoms with E-state index in [4.69, 9.17) is 21.3 Å². The molecule has 12 heteroatoms. The van der Waals surface area contributed by atoms with Gasteiger partial charge in [0.1, 0.15) is 17.3 Å². The molecular weight excluding hydrogens is 624 g/mol. The van der Waals surface area contributed by atoms with Crippen LogP contribution in [0.15, 0.2) is 36.9 Å². The number of ether oxygens (including phenoxy) is 1. The van der Waals surface area contributed by atoms with E-state index in [0.29, 0.717) is 48.1 Å². The van der Waals surface area contributed by atoms with Crippen LogP contribution in [-0.2, 0) is 4.74 Å². The number of Topliss-reactive ketones (excluding diaryl/α,β-unsaturated/α-hetero) is 1. The van der Waals surface area contributed by atoms with Crippen LogP contribution in [0.2, 0.25) is 5.02 Å². The largest absolute Gasteiger partial charge is 0.379 e. The van der Waals surface area contributed by atoms with Crippen molar-refractivity contribution in [3.8, 4) is 5.82 Å². The molecule has 0 N–H and O–H groups in total. The number of halogens is 3. The average Bonchev–Trinajstić information content (AvgIpc) is 3.65. The first kappa shape index (κ1) is 25.6. The molecule has 2 fully saturated rings. The highest BCUT2D eigenvalue weighted by atomic mass is 127. The number of hydrogen-bond acceptors (Lipinski definition) is 7. The summed E-state index contributed by atoms with van der Waals surface area (Å²) in [6.07, 6.45) is 8.47. The van der Waals surface area contributed by atoms with Crippen LogP contribution in [-0.4, -0.2) is 60.6 Å². The van der Waals surface area contributed by atoms with Crippen molar-refractivity contribution < 1.29 is 13.9 Å². The van der Waals surface area contributed by atoms with E-state index in [-0.39, 0.29) is 35.6 Å². The highest BCUT2D eigenvalue weighted by Crippen LogP contribution is 2.38. The van der Waals surface area contributed by atoms with Gasteiger partial charge in [-0.25, -0.2) is 14.4 Å². The lowest BCUT2D eigenvalue weighted by Gasteiger charge is -2.43. The first-order valence-corrected chi connectivity index (χ1v) is 14.1. The standard InChI is InChI=1S/C26H26ClFIN7O2/c1-14-7-16(8-15(2)35(14)26-22(29)9-17(28)11-30-26)23(37)20-12-34(18-3-6-38-13-18)24-19(20)10-21(27)25(33-24)36-31-4-5-32-36/h4-5,9-12,14-16,18H,3,6-8,13H2,1-2H3/t14-,15-,18-/m1/s1. The summed E-state index contributed by atoms with van der Waals surface area (Å²) in [5.74, 6) is 0.714. The Labute approximate surface area is 237 Å². The van der Waals surface area contributed by atoms with E-state index in [9.17, 15) is 9.18 Å². The second-order valence-electron chi connectivity index (χ2n) is 10.0. The van der Waals surface area contributed by atoms with Crippen LogP contribution in [0.25, 0.3) is 16.9 Å². The van der Waals surface area contributed by atoms with Gasteiger partial charge in [0.05, 0.1) is 39.8 Å². The van der Waals surface area contributed by atoms with Gasteiger partial charge in [-0.1, -0.05) is 11.6 Å². The summed E-state index contributed by atoms with van der Waals surface area (Å²) in [5, 5.41) is 9.46. The SMILES string of the molecule is C[C@@H]1CC(C(=O)c2cn([C@@H]3CCOC3)c3nc(-n4nccn4)c(Cl)cc23)C[C@@H](C)N1c1ncc(F)cc1I. The average molecular weight is 650 g/mol. The lowest BCUT2D eigenvalue weighted by Crippen LogP contribution is -2.49. The Bertz CT molecular complexity index is 1490. The normalized spacial score (nSPS) is 23.9. The molecule has 6 heterocycles. The molecule has 0 bridgehead atoms. The topological polar surface area (TPSA) is 91.0 Å². The highest BCUT2D eigenvalue weighted by Gasteiger charge is 2.37. The van der Waals surface area contributed by atoms with Gasteiger partial charge in [0.15, 0.2) is 11.6 Å². The van der Waals surface area contributed by atoms with Crippen molar-refractivity contribution in [2.24, 2.45) is 5.92 Å². The van der Waals surface area contributed by atoms with E-state index in [2.05, 4.69) is 56.5 Å². The Morgan fingerprint density at radius 3 is 2.55 bits per heavy atom. The first-order valence-electron chi connectivity index (χ1n) is 12.6. The summed E-state index contributed by atoms with van der Waals surface area (Å²) < 4.78 is 22.1. The summed E-state index contributed by atoms with van der Waals surface area (Å²) in [4.78, 5) is 26.9. The minimum absolute atomic E-state index is 0.0509. The number of carbonyl (C=O) groups excluding carboxylic acids is 1. The zero-order valence-corrected chi connectivity index (χ0v) is 23.8. The fourth-order valence-electron chi connectivity index (χ4n) is 5.85. The lowest BCUT2D eigenvalue weighted by molar-refractivity contribution is 0.0878. The van der Waals surface area contributed by atoms with E-state index >= 15 is 0 Å². The van der Waals surface area contributed by atoms with Gasteiger partial charge in [0.2, 0.25) is 0 Å². The number of anilines is 1.